The number of para-hydroxylation sites is 1. The molecule has 0 unspecified atom stereocenters. The molecule has 0 bridgehead atoms. The number of carbonyl (C=O) groups excluding carboxylic acids is 2. The van der Waals surface area contributed by atoms with Gasteiger partial charge in [0.15, 0.2) is 6.10 Å². The zero-order chi connectivity index (χ0) is 19.2. The fourth-order valence-electron chi connectivity index (χ4n) is 2.71. The molecule has 2 aromatic carbocycles. The van der Waals surface area contributed by atoms with E-state index in [0.717, 1.165) is 5.56 Å². The van der Waals surface area contributed by atoms with Gasteiger partial charge in [-0.3, -0.25) is 4.79 Å². The van der Waals surface area contributed by atoms with Crippen molar-refractivity contribution in [2.45, 2.75) is 19.4 Å². The van der Waals surface area contributed by atoms with Crippen molar-refractivity contribution in [1.82, 2.24) is 10.3 Å². The van der Waals surface area contributed by atoms with Gasteiger partial charge in [0.25, 0.3) is 5.91 Å². The summed E-state index contributed by atoms with van der Waals surface area (Å²) in [5.74, 6) is -0.954. The quantitative estimate of drug-likeness (QED) is 0.520. The molecular weight excluding hydrogens is 364 g/mol. The van der Waals surface area contributed by atoms with Crippen molar-refractivity contribution in [3.63, 3.8) is 0 Å². The van der Waals surface area contributed by atoms with E-state index in [0.29, 0.717) is 23.9 Å². The van der Waals surface area contributed by atoms with Gasteiger partial charge in [-0.15, -0.1) is 0 Å². The molecule has 3 aromatic rings. The zero-order valence-corrected chi connectivity index (χ0v) is 15.6. The Bertz CT molecular complexity index is 960. The molecule has 1 amide bonds. The average molecular weight is 383 g/mol. The maximum absolute atomic E-state index is 12.5. The van der Waals surface area contributed by atoms with Crippen LogP contribution in [0.3, 0.4) is 0 Å². The molecule has 0 saturated carbocycles. The smallest absolute Gasteiger partial charge is 0.339 e. The van der Waals surface area contributed by atoms with Crippen LogP contribution >= 0.6 is 11.6 Å². The van der Waals surface area contributed by atoms with Gasteiger partial charge in [-0.2, -0.15) is 0 Å². The number of benzene rings is 2. The molecule has 1 heterocycles. The molecule has 0 spiro atoms. The fourth-order valence-corrected chi connectivity index (χ4v) is 2.91. The second-order valence-electron chi connectivity index (χ2n) is 6.08. The highest BCUT2D eigenvalue weighted by Crippen LogP contribution is 2.22. The molecule has 0 aliphatic rings. The van der Waals surface area contributed by atoms with Gasteiger partial charge in [-0.25, -0.2) is 9.78 Å². The first kappa shape index (κ1) is 18.9. The lowest BCUT2D eigenvalue weighted by Crippen LogP contribution is -2.36. The van der Waals surface area contributed by atoms with Crippen LogP contribution in [0.4, 0.5) is 0 Å². The summed E-state index contributed by atoms with van der Waals surface area (Å²) in [6.07, 6.45) is -0.211. The molecule has 0 fully saturated rings. The molecule has 0 aliphatic heterocycles. The Hall–Kier alpha value is -2.92. The summed E-state index contributed by atoms with van der Waals surface area (Å²) < 4.78 is 5.33. The van der Waals surface area contributed by atoms with Gasteiger partial charge >= 0.3 is 5.97 Å². The molecule has 1 atom stereocenters. The average Bonchev–Trinajstić information content (AvgIpc) is 2.67. The molecule has 0 radical (unpaired) electrons. The number of ether oxygens (including phenoxy) is 1. The Morgan fingerprint density at radius 3 is 2.59 bits per heavy atom. The number of halogens is 1. The van der Waals surface area contributed by atoms with Crippen molar-refractivity contribution in [3.8, 4) is 0 Å². The van der Waals surface area contributed by atoms with E-state index >= 15 is 0 Å². The third-order valence-corrected chi connectivity index (χ3v) is 4.31. The fraction of sp³-hybridized carbons (Fsp3) is 0.190. The summed E-state index contributed by atoms with van der Waals surface area (Å²) in [5, 5.41) is 3.61. The normalized spacial score (nSPS) is 11.8. The number of esters is 1. The van der Waals surface area contributed by atoms with E-state index in [-0.39, 0.29) is 16.6 Å². The van der Waals surface area contributed by atoms with Crippen LogP contribution in [0, 0.1) is 0 Å². The highest BCUT2D eigenvalue weighted by atomic mass is 35.5. The number of rotatable bonds is 6. The predicted octanol–water partition coefficient (Wildman–Crippen LogP) is 3.79. The van der Waals surface area contributed by atoms with Crippen molar-refractivity contribution >= 4 is 34.4 Å². The topological polar surface area (TPSA) is 68.3 Å². The van der Waals surface area contributed by atoms with Gasteiger partial charge in [-0.05, 0) is 31.0 Å². The number of hydrogen-bond acceptors (Lipinski definition) is 4. The van der Waals surface area contributed by atoms with Crippen LogP contribution in [0.5, 0.6) is 0 Å². The van der Waals surface area contributed by atoms with Crippen molar-refractivity contribution in [1.29, 1.82) is 0 Å². The van der Waals surface area contributed by atoms with E-state index in [1.54, 1.807) is 25.1 Å². The first-order chi connectivity index (χ1) is 13.0. The lowest BCUT2D eigenvalue weighted by atomic mass is 10.1. The van der Waals surface area contributed by atoms with Crippen molar-refractivity contribution in [3.05, 3.63) is 76.9 Å². The van der Waals surface area contributed by atoms with Gasteiger partial charge in [0, 0.05) is 11.9 Å². The van der Waals surface area contributed by atoms with E-state index in [4.69, 9.17) is 16.3 Å². The monoisotopic (exact) mass is 382 g/mol. The lowest BCUT2D eigenvalue weighted by molar-refractivity contribution is -0.129. The standard InChI is InChI=1S/C21H19ClN2O3/c1-14(20(25)23-12-11-15-7-3-2-4-8-15)27-21(26)17-13-19(22)24-18-10-6-5-9-16(17)18/h2-10,13-14H,11-12H2,1H3,(H,23,25)/t14-/m0/s1. The summed E-state index contributed by atoms with van der Waals surface area (Å²) in [4.78, 5) is 28.9. The van der Waals surface area contributed by atoms with Crippen LogP contribution in [-0.2, 0) is 16.0 Å². The van der Waals surface area contributed by atoms with Crippen LogP contribution in [0.2, 0.25) is 5.15 Å². The maximum atomic E-state index is 12.5. The van der Waals surface area contributed by atoms with Crippen molar-refractivity contribution in [2.75, 3.05) is 6.54 Å². The van der Waals surface area contributed by atoms with Crippen LogP contribution in [0.25, 0.3) is 10.9 Å². The van der Waals surface area contributed by atoms with E-state index in [1.807, 2.05) is 36.4 Å². The number of pyridine rings is 1. The highest BCUT2D eigenvalue weighted by molar-refractivity contribution is 6.30. The Balaban J connectivity index is 1.61. The SMILES string of the molecule is C[C@H](OC(=O)c1cc(Cl)nc2ccccc12)C(=O)NCCc1ccccc1. The minimum atomic E-state index is -0.918. The van der Waals surface area contributed by atoms with Crippen molar-refractivity contribution < 1.29 is 14.3 Å². The number of carbonyl (C=O) groups is 2. The summed E-state index contributed by atoms with van der Waals surface area (Å²) in [5.41, 5.74) is 2.01. The number of fused-ring (bicyclic) bond motifs is 1. The lowest BCUT2D eigenvalue weighted by Gasteiger charge is -2.14. The molecule has 0 saturated heterocycles. The summed E-state index contributed by atoms with van der Waals surface area (Å²) >= 11 is 6.00. The largest absolute Gasteiger partial charge is 0.449 e. The molecule has 27 heavy (non-hydrogen) atoms. The molecule has 3 rings (SSSR count). The van der Waals surface area contributed by atoms with Crippen LogP contribution in [0.1, 0.15) is 22.8 Å². The van der Waals surface area contributed by atoms with Gasteiger partial charge in [-0.1, -0.05) is 60.1 Å². The maximum Gasteiger partial charge on any atom is 0.339 e. The second kappa shape index (κ2) is 8.64. The first-order valence-corrected chi connectivity index (χ1v) is 9.00. The van der Waals surface area contributed by atoms with Crippen LogP contribution < -0.4 is 5.32 Å². The second-order valence-corrected chi connectivity index (χ2v) is 6.47. The molecule has 1 aromatic heterocycles. The van der Waals surface area contributed by atoms with Gasteiger partial charge < -0.3 is 10.1 Å². The minimum absolute atomic E-state index is 0.195. The Morgan fingerprint density at radius 2 is 1.81 bits per heavy atom. The summed E-state index contributed by atoms with van der Waals surface area (Å²) in [6.45, 7) is 2.01. The number of aromatic nitrogens is 1. The number of amides is 1. The zero-order valence-electron chi connectivity index (χ0n) is 14.8. The van der Waals surface area contributed by atoms with E-state index in [9.17, 15) is 9.59 Å². The molecule has 1 N–H and O–H groups in total. The van der Waals surface area contributed by atoms with E-state index in [2.05, 4.69) is 10.3 Å². The van der Waals surface area contributed by atoms with Gasteiger partial charge in [0.2, 0.25) is 0 Å². The third-order valence-electron chi connectivity index (χ3n) is 4.11. The van der Waals surface area contributed by atoms with E-state index in [1.165, 1.54) is 6.07 Å². The Kier molecular flexibility index (Phi) is 6.04. The number of hydrogen-bond donors (Lipinski definition) is 1. The first-order valence-electron chi connectivity index (χ1n) is 8.62. The van der Waals surface area contributed by atoms with E-state index < -0.39 is 12.1 Å². The summed E-state index contributed by atoms with van der Waals surface area (Å²) in [6, 6.07) is 18.4. The number of nitrogens with one attached hydrogen (secondary N) is 1. The van der Waals surface area contributed by atoms with Crippen LogP contribution in [0.15, 0.2) is 60.7 Å². The Labute approximate surface area is 162 Å². The molecule has 138 valence electrons. The van der Waals surface area contributed by atoms with Crippen molar-refractivity contribution in [2.24, 2.45) is 0 Å². The highest BCUT2D eigenvalue weighted by Gasteiger charge is 2.20. The molecule has 0 aliphatic carbocycles. The van der Waals surface area contributed by atoms with Crippen LogP contribution in [-0.4, -0.2) is 29.5 Å². The minimum Gasteiger partial charge on any atom is -0.449 e. The summed E-state index contributed by atoms with van der Waals surface area (Å²) in [7, 11) is 0. The number of nitrogens with zero attached hydrogens (tertiary/aromatic N) is 1. The third kappa shape index (κ3) is 4.83. The van der Waals surface area contributed by atoms with Gasteiger partial charge in [0.1, 0.15) is 5.15 Å². The van der Waals surface area contributed by atoms with Gasteiger partial charge in [0.05, 0.1) is 11.1 Å². The predicted molar refractivity (Wildman–Crippen MR) is 105 cm³/mol. The molecular formula is C21H19ClN2O3. The molecule has 5 nitrogen and oxygen atoms in total. The Morgan fingerprint density at radius 1 is 1.11 bits per heavy atom. The molecule has 6 heteroatoms.